The van der Waals surface area contributed by atoms with Crippen LogP contribution in [0.5, 0.6) is 0 Å². The van der Waals surface area contributed by atoms with Gasteiger partial charge in [0, 0.05) is 5.02 Å². The number of anilines is 1. The zero-order valence-corrected chi connectivity index (χ0v) is 10.6. The molecule has 16 heavy (non-hydrogen) atoms. The lowest BCUT2D eigenvalue weighted by atomic mass is 9.99. The monoisotopic (exact) mass is 237 g/mol. The van der Waals surface area contributed by atoms with Crippen LogP contribution in [0, 0.1) is 0 Å². The van der Waals surface area contributed by atoms with Crippen molar-refractivity contribution in [2.45, 2.75) is 26.3 Å². The van der Waals surface area contributed by atoms with Crippen LogP contribution in [0.15, 0.2) is 35.9 Å². The third kappa shape index (κ3) is 2.23. The van der Waals surface area contributed by atoms with Gasteiger partial charge in [0.05, 0.1) is 17.8 Å². The van der Waals surface area contributed by atoms with Crippen LogP contribution in [0.25, 0.3) is 0 Å². The number of hydrogen-bond acceptors (Lipinski definition) is 2. The Morgan fingerprint density at radius 2 is 1.88 bits per heavy atom. The zero-order chi connectivity index (χ0) is 11.8. The molecule has 3 heteroatoms. The van der Waals surface area contributed by atoms with Crippen molar-refractivity contribution in [2.75, 3.05) is 11.7 Å². The van der Waals surface area contributed by atoms with E-state index in [1.165, 1.54) is 5.57 Å². The van der Waals surface area contributed by atoms with Crippen molar-refractivity contribution in [1.29, 1.82) is 0 Å². The van der Waals surface area contributed by atoms with Crippen LogP contribution in [-0.4, -0.2) is 12.1 Å². The smallest absolute Gasteiger partial charge is 0.0958 e. The lowest BCUT2D eigenvalue weighted by molar-refractivity contribution is 0.0782. The largest absolute Gasteiger partial charge is 0.268 e. The van der Waals surface area contributed by atoms with Crippen molar-refractivity contribution in [3.05, 3.63) is 40.9 Å². The molecule has 0 radical (unpaired) electrons. The van der Waals surface area contributed by atoms with Crippen molar-refractivity contribution in [3.8, 4) is 0 Å². The van der Waals surface area contributed by atoms with E-state index in [9.17, 15) is 0 Å². The van der Waals surface area contributed by atoms with E-state index in [-0.39, 0.29) is 5.54 Å². The first-order chi connectivity index (χ1) is 7.49. The van der Waals surface area contributed by atoms with E-state index in [0.717, 1.165) is 10.7 Å². The molecule has 2 rings (SSSR count). The van der Waals surface area contributed by atoms with Gasteiger partial charge in [0.2, 0.25) is 0 Å². The number of hydroxylamine groups is 1. The van der Waals surface area contributed by atoms with Gasteiger partial charge >= 0.3 is 0 Å². The second-order valence-corrected chi connectivity index (χ2v) is 5.13. The average molecular weight is 238 g/mol. The van der Waals surface area contributed by atoms with E-state index in [2.05, 4.69) is 26.8 Å². The van der Waals surface area contributed by atoms with Crippen LogP contribution in [0.4, 0.5) is 5.69 Å². The molecule has 1 aromatic rings. The van der Waals surface area contributed by atoms with E-state index in [1.54, 1.807) is 0 Å². The number of nitrogens with zero attached hydrogens (tertiary/aromatic N) is 1. The second-order valence-electron chi connectivity index (χ2n) is 4.69. The van der Waals surface area contributed by atoms with Crippen molar-refractivity contribution in [1.82, 2.24) is 0 Å². The Labute approximate surface area is 101 Å². The highest BCUT2D eigenvalue weighted by Gasteiger charge is 2.29. The Morgan fingerprint density at radius 1 is 1.25 bits per heavy atom. The third-order valence-corrected chi connectivity index (χ3v) is 2.86. The minimum atomic E-state index is -0.129. The van der Waals surface area contributed by atoms with Crippen LogP contribution < -0.4 is 5.06 Å². The second kappa shape index (κ2) is 4.11. The molecule has 0 fully saturated rings. The molecule has 1 aliphatic rings. The van der Waals surface area contributed by atoms with Gasteiger partial charge in [-0.1, -0.05) is 17.7 Å². The van der Waals surface area contributed by atoms with Crippen molar-refractivity contribution in [2.24, 2.45) is 0 Å². The van der Waals surface area contributed by atoms with Crippen molar-refractivity contribution < 1.29 is 4.84 Å². The van der Waals surface area contributed by atoms with Crippen LogP contribution in [0.1, 0.15) is 20.8 Å². The summed E-state index contributed by atoms with van der Waals surface area (Å²) in [5.74, 6) is 0. The highest BCUT2D eigenvalue weighted by Crippen LogP contribution is 2.30. The number of rotatable bonds is 1. The quantitative estimate of drug-likeness (QED) is 0.689. The molecule has 2 nitrogen and oxygen atoms in total. The molecule has 0 spiro atoms. The Balaban J connectivity index is 2.32. The van der Waals surface area contributed by atoms with Gasteiger partial charge in [0.15, 0.2) is 0 Å². The molecule has 0 aliphatic carbocycles. The molecule has 0 atom stereocenters. The average Bonchev–Trinajstić information content (AvgIpc) is 2.18. The summed E-state index contributed by atoms with van der Waals surface area (Å²) in [6, 6.07) is 7.69. The Morgan fingerprint density at radius 3 is 2.44 bits per heavy atom. The summed E-state index contributed by atoms with van der Waals surface area (Å²) in [5.41, 5.74) is 2.16. The van der Waals surface area contributed by atoms with Gasteiger partial charge in [0.1, 0.15) is 0 Å². The number of hydrogen-bond donors (Lipinski definition) is 0. The van der Waals surface area contributed by atoms with Gasteiger partial charge in [-0.15, -0.1) is 0 Å². The lowest BCUT2D eigenvalue weighted by Crippen LogP contribution is -2.45. The summed E-state index contributed by atoms with van der Waals surface area (Å²) >= 11 is 5.87. The predicted molar refractivity (Wildman–Crippen MR) is 67.7 cm³/mol. The summed E-state index contributed by atoms with van der Waals surface area (Å²) < 4.78 is 0. The molecule has 0 aromatic heterocycles. The SMILES string of the molecule is CC1=CC(C)(C)N(c2ccc(Cl)cc2)OC1. The normalized spacial score (nSPS) is 19.5. The minimum Gasteiger partial charge on any atom is -0.268 e. The topological polar surface area (TPSA) is 12.5 Å². The summed E-state index contributed by atoms with van der Waals surface area (Å²) in [6.07, 6.45) is 2.23. The molecule has 0 N–H and O–H groups in total. The highest BCUT2D eigenvalue weighted by atomic mass is 35.5. The molecular formula is C13H16ClNO. The van der Waals surface area contributed by atoms with Gasteiger partial charge < -0.3 is 0 Å². The molecule has 86 valence electrons. The fourth-order valence-electron chi connectivity index (χ4n) is 2.02. The molecule has 0 unspecified atom stereocenters. The van der Waals surface area contributed by atoms with Crippen LogP contribution in [0.3, 0.4) is 0 Å². The van der Waals surface area contributed by atoms with Gasteiger partial charge in [-0.2, -0.15) is 0 Å². The molecule has 0 bridgehead atoms. The first-order valence-corrected chi connectivity index (χ1v) is 5.74. The summed E-state index contributed by atoms with van der Waals surface area (Å²) in [4.78, 5) is 5.75. The first kappa shape index (κ1) is 11.5. The highest BCUT2D eigenvalue weighted by molar-refractivity contribution is 6.30. The van der Waals surface area contributed by atoms with E-state index in [0.29, 0.717) is 6.61 Å². The van der Waals surface area contributed by atoms with Gasteiger partial charge in [0.25, 0.3) is 0 Å². The fraction of sp³-hybridized carbons (Fsp3) is 0.385. The van der Waals surface area contributed by atoms with Crippen LogP contribution in [-0.2, 0) is 4.84 Å². The van der Waals surface area contributed by atoms with Crippen LogP contribution >= 0.6 is 11.6 Å². The number of halogens is 1. The molecule has 0 saturated heterocycles. The number of benzene rings is 1. The summed E-state index contributed by atoms with van der Waals surface area (Å²) in [7, 11) is 0. The maximum Gasteiger partial charge on any atom is 0.0958 e. The summed E-state index contributed by atoms with van der Waals surface area (Å²) in [6.45, 7) is 6.99. The maximum atomic E-state index is 5.87. The molecule has 1 aliphatic heterocycles. The first-order valence-electron chi connectivity index (χ1n) is 5.36. The van der Waals surface area contributed by atoms with Gasteiger partial charge in [-0.3, -0.25) is 4.84 Å². The fourth-order valence-corrected chi connectivity index (χ4v) is 2.15. The minimum absolute atomic E-state index is 0.129. The standard InChI is InChI=1S/C13H16ClNO/c1-10-8-13(2,3)15(16-9-10)12-6-4-11(14)5-7-12/h4-8H,9H2,1-3H3. The Kier molecular flexibility index (Phi) is 2.96. The molecule has 0 saturated carbocycles. The lowest BCUT2D eigenvalue weighted by Gasteiger charge is -2.40. The van der Waals surface area contributed by atoms with Gasteiger partial charge in [-0.25, -0.2) is 5.06 Å². The van der Waals surface area contributed by atoms with E-state index in [1.807, 2.05) is 29.3 Å². The molecule has 1 aromatic carbocycles. The van der Waals surface area contributed by atoms with E-state index < -0.39 is 0 Å². The van der Waals surface area contributed by atoms with Crippen molar-refractivity contribution >= 4 is 17.3 Å². The van der Waals surface area contributed by atoms with Gasteiger partial charge in [-0.05, 0) is 50.6 Å². The molecule has 1 heterocycles. The molecular weight excluding hydrogens is 222 g/mol. The van der Waals surface area contributed by atoms with E-state index >= 15 is 0 Å². The molecule has 0 amide bonds. The predicted octanol–water partition coefficient (Wildman–Crippen LogP) is 3.82. The summed E-state index contributed by atoms with van der Waals surface area (Å²) in [5, 5.41) is 2.67. The van der Waals surface area contributed by atoms with E-state index in [4.69, 9.17) is 16.4 Å². The maximum absolute atomic E-state index is 5.87. The zero-order valence-electron chi connectivity index (χ0n) is 9.83. The Bertz CT molecular complexity index is 408. The Hall–Kier alpha value is -0.990. The third-order valence-electron chi connectivity index (χ3n) is 2.61. The van der Waals surface area contributed by atoms with Crippen molar-refractivity contribution in [3.63, 3.8) is 0 Å². The van der Waals surface area contributed by atoms with Crippen LogP contribution in [0.2, 0.25) is 5.02 Å².